The number of anilines is 1. The summed E-state index contributed by atoms with van der Waals surface area (Å²) in [5.41, 5.74) is 9.37. The normalized spacial score (nSPS) is 15.6. The molecule has 1 unspecified atom stereocenters. The van der Waals surface area contributed by atoms with Crippen molar-refractivity contribution in [3.63, 3.8) is 0 Å². The number of rotatable bonds is 3. The highest BCUT2D eigenvalue weighted by atomic mass is 19.1. The predicted molar refractivity (Wildman–Crippen MR) is 72.5 cm³/mol. The van der Waals surface area contributed by atoms with Crippen LogP contribution in [0.5, 0.6) is 0 Å². The van der Waals surface area contributed by atoms with Crippen LogP contribution in [0.2, 0.25) is 0 Å². The highest BCUT2D eigenvalue weighted by Crippen LogP contribution is 2.29. The molecule has 1 aliphatic heterocycles. The van der Waals surface area contributed by atoms with Crippen LogP contribution in [0.3, 0.4) is 0 Å². The van der Waals surface area contributed by atoms with Crippen molar-refractivity contribution in [1.82, 2.24) is 9.78 Å². The standard InChI is InChI=1S/C14H17FN4/c1-18-8-11(7-17-18)13(16)9-19-5-4-10-2-3-12(15)6-14(10)19/h2-3,6-8,13H,4-5,9,16H2,1H3. The molecule has 0 bridgehead atoms. The minimum Gasteiger partial charge on any atom is -0.369 e. The van der Waals surface area contributed by atoms with Crippen LogP contribution in [0.25, 0.3) is 0 Å². The molecular weight excluding hydrogens is 243 g/mol. The van der Waals surface area contributed by atoms with Crippen molar-refractivity contribution in [1.29, 1.82) is 0 Å². The molecule has 0 aliphatic carbocycles. The molecule has 19 heavy (non-hydrogen) atoms. The van der Waals surface area contributed by atoms with Gasteiger partial charge in [-0.3, -0.25) is 4.68 Å². The van der Waals surface area contributed by atoms with Gasteiger partial charge in [0, 0.05) is 37.6 Å². The van der Waals surface area contributed by atoms with Crippen molar-refractivity contribution >= 4 is 5.69 Å². The largest absolute Gasteiger partial charge is 0.369 e. The zero-order valence-corrected chi connectivity index (χ0v) is 10.9. The maximum atomic E-state index is 13.3. The summed E-state index contributed by atoms with van der Waals surface area (Å²) in [7, 11) is 1.87. The Morgan fingerprint density at radius 1 is 1.47 bits per heavy atom. The zero-order valence-electron chi connectivity index (χ0n) is 10.9. The van der Waals surface area contributed by atoms with Crippen LogP contribution in [0.15, 0.2) is 30.6 Å². The smallest absolute Gasteiger partial charge is 0.125 e. The topological polar surface area (TPSA) is 47.1 Å². The molecule has 0 spiro atoms. The van der Waals surface area contributed by atoms with Gasteiger partial charge in [0.1, 0.15) is 5.82 Å². The van der Waals surface area contributed by atoms with Gasteiger partial charge in [-0.1, -0.05) is 6.07 Å². The number of aromatic nitrogens is 2. The van der Waals surface area contributed by atoms with Crippen LogP contribution >= 0.6 is 0 Å². The Hall–Kier alpha value is -1.88. The first-order valence-electron chi connectivity index (χ1n) is 6.41. The fourth-order valence-corrected chi connectivity index (χ4v) is 2.58. The minimum atomic E-state index is -0.194. The van der Waals surface area contributed by atoms with E-state index < -0.39 is 0 Å². The Morgan fingerprint density at radius 3 is 3.05 bits per heavy atom. The summed E-state index contributed by atoms with van der Waals surface area (Å²) in [6.45, 7) is 1.58. The first-order chi connectivity index (χ1) is 9.13. The molecule has 2 aromatic rings. The van der Waals surface area contributed by atoms with Gasteiger partial charge in [-0.05, 0) is 24.1 Å². The number of nitrogens with two attached hydrogens (primary N) is 1. The number of halogens is 1. The van der Waals surface area contributed by atoms with Crippen LogP contribution in [0.4, 0.5) is 10.1 Å². The molecule has 0 amide bonds. The van der Waals surface area contributed by atoms with Gasteiger partial charge in [0.05, 0.1) is 12.2 Å². The highest BCUT2D eigenvalue weighted by Gasteiger charge is 2.22. The molecule has 3 rings (SSSR count). The van der Waals surface area contributed by atoms with E-state index >= 15 is 0 Å². The SMILES string of the molecule is Cn1cc(C(N)CN2CCc3ccc(F)cc32)cn1. The lowest BCUT2D eigenvalue weighted by Crippen LogP contribution is -2.30. The molecule has 5 heteroatoms. The molecule has 100 valence electrons. The zero-order chi connectivity index (χ0) is 13.4. The van der Waals surface area contributed by atoms with Gasteiger partial charge >= 0.3 is 0 Å². The Bertz CT molecular complexity index is 593. The van der Waals surface area contributed by atoms with Crippen LogP contribution in [0.1, 0.15) is 17.2 Å². The van der Waals surface area contributed by atoms with Crippen LogP contribution < -0.4 is 10.6 Å². The van der Waals surface area contributed by atoms with E-state index in [9.17, 15) is 4.39 Å². The summed E-state index contributed by atoms with van der Waals surface area (Å²) in [6, 6.07) is 4.87. The average molecular weight is 260 g/mol. The van der Waals surface area contributed by atoms with Gasteiger partial charge < -0.3 is 10.6 Å². The molecule has 1 aromatic carbocycles. The maximum absolute atomic E-state index is 13.3. The van der Waals surface area contributed by atoms with E-state index in [-0.39, 0.29) is 11.9 Å². The van der Waals surface area contributed by atoms with E-state index in [1.165, 1.54) is 11.6 Å². The number of nitrogens with zero attached hydrogens (tertiary/aromatic N) is 3. The third-order valence-corrected chi connectivity index (χ3v) is 3.61. The summed E-state index contributed by atoms with van der Waals surface area (Å²) >= 11 is 0. The maximum Gasteiger partial charge on any atom is 0.125 e. The number of hydrogen-bond acceptors (Lipinski definition) is 3. The molecule has 2 N–H and O–H groups in total. The Labute approximate surface area is 111 Å². The van der Waals surface area contributed by atoms with Crippen molar-refractivity contribution in [2.45, 2.75) is 12.5 Å². The van der Waals surface area contributed by atoms with Gasteiger partial charge in [-0.2, -0.15) is 5.10 Å². The second-order valence-corrected chi connectivity index (χ2v) is 5.02. The van der Waals surface area contributed by atoms with E-state index in [1.807, 2.05) is 19.3 Å². The molecular formula is C14H17FN4. The highest BCUT2D eigenvalue weighted by molar-refractivity contribution is 5.58. The number of fused-ring (bicyclic) bond motifs is 1. The molecule has 0 radical (unpaired) electrons. The first kappa shape index (κ1) is 12.2. The van der Waals surface area contributed by atoms with E-state index in [2.05, 4.69) is 10.00 Å². The van der Waals surface area contributed by atoms with Gasteiger partial charge in [-0.25, -0.2) is 4.39 Å². The second-order valence-electron chi connectivity index (χ2n) is 5.02. The van der Waals surface area contributed by atoms with Crippen molar-refractivity contribution in [3.8, 4) is 0 Å². The van der Waals surface area contributed by atoms with Crippen molar-refractivity contribution in [2.75, 3.05) is 18.0 Å². The van der Waals surface area contributed by atoms with E-state index in [4.69, 9.17) is 5.73 Å². The lowest BCUT2D eigenvalue weighted by Gasteiger charge is -2.23. The van der Waals surface area contributed by atoms with Crippen molar-refractivity contribution < 1.29 is 4.39 Å². The second kappa shape index (κ2) is 4.66. The number of benzene rings is 1. The van der Waals surface area contributed by atoms with E-state index in [0.29, 0.717) is 6.54 Å². The molecule has 2 heterocycles. The minimum absolute atomic E-state index is 0.108. The molecule has 0 fully saturated rings. The summed E-state index contributed by atoms with van der Waals surface area (Å²) in [6.07, 6.45) is 4.66. The Morgan fingerprint density at radius 2 is 2.32 bits per heavy atom. The van der Waals surface area contributed by atoms with Gasteiger partial charge in [-0.15, -0.1) is 0 Å². The first-order valence-corrected chi connectivity index (χ1v) is 6.41. The Balaban J connectivity index is 1.77. The average Bonchev–Trinajstić information content (AvgIpc) is 2.97. The summed E-state index contributed by atoms with van der Waals surface area (Å²) < 4.78 is 15.1. The van der Waals surface area contributed by atoms with E-state index in [1.54, 1.807) is 16.9 Å². The molecule has 0 saturated heterocycles. The van der Waals surface area contributed by atoms with Crippen LogP contribution in [-0.4, -0.2) is 22.9 Å². The van der Waals surface area contributed by atoms with Crippen LogP contribution in [0, 0.1) is 5.82 Å². The van der Waals surface area contributed by atoms with Gasteiger partial charge in [0.15, 0.2) is 0 Å². The molecule has 1 aromatic heterocycles. The lowest BCUT2D eigenvalue weighted by molar-refractivity contribution is 0.626. The monoisotopic (exact) mass is 260 g/mol. The third-order valence-electron chi connectivity index (χ3n) is 3.61. The summed E-state index contributed by atoms with van der Waals surface area (Å²) in [4.78, 5) is 2.15. The number of hydrogen-bond donors (Lipinski definition) is 1. The fourth-order valence-electron chi connectivity index (χ4n) is 2.58. The quantitative estimate of drug-likeness (QED) is 0.912. The predicted octanol–water partition coefficient (Wildman–Crippen LogP) is 1.62. The molecule has 1 atom stereocenters. The number of aryl methyl sites for hydroxylation is 1. The summed E-state index contributed by atoms with van der Waals surface area (Å²) in [5, 5.41) is 4.13. The third kappa shape index (κ3) is 2.33. The lowest BCUT2D eigenvalue weighted by atomic mass is 10.1. The molecule has 0 saturated carbocycles. The molecule has 4 nitrogen and oxygen atoms in total. The van der Waals surface area contributed by atoms with Crippen molar-refractivity contribution in [2.24, 2.45) is 12.8 Å². The van der Waals surface area contributed by atoms with E-state index in [0.717, 1.165) is 24.2 Å². The summed E-state index contributed by atoms with van der Waals surface area (Å²) in [5.74, 6) is -0.194. The van der Waals surface area contributed by atoms with Gasteiger partial charge in [0.2, 0.25) is 0 Å². The molecule has 1 aliphatic rings. The Kier molecular flexibility index (Phi) is 2.98. The fraction of sp³-hybridized carbons (Fsp3) is 0.357. The van der Waals surface area contributed by atoms with Crippen LogP contribution in [-0.2, 0) is 13.5 Å². The van der Waals surface area contributed by atoms with Gasteiger partial charge in [0.25, 0.3) is 0 Å². The van der Waals surface area contributed by atoms with Crippen molar-refractivity contribution in [3.05, 3.63) is 47.5 Å².